The predicted molar refractivity (Wildman–Crippen MR) is 126 cm³/mol. The highest BCUT2D eigenvalue weighted by atomic mass is 16.4. The molecule has 0 aliphatic carbocycles. The maximum atomic E-state index is 12.1. The number of carbonyl (C=O) groups excluding carboxylic acids is 1. The van der Waals surface area contributed by atoms with Crippen LogP contribution in [0.1, 0.15) is 41.2 Å². The van der Waals surface area contributed by atoms with Crippen LogP contribution in [-0.4, -0.2) is 47.5 Å². The Morgan fingerprint density at radius 1 is 1.09 bits per heavy atom. The van der Waals surface area contributed by atoms with Crippen molar-refractivity contribution in [3.05, 3.63) is 76.8 Å². The summed E-state index contributed by atoms with van der Waals surface area (Å²) in [7, 11) is 3.44. The standard InChI is InChI=1S/C24H26N6O2/c1-15(18-9-11-19(12-10-18)24(31)30(4)5)27-21(16(2)26-3)23-29-28-22(32-23)20-8-6-7-17(13-20)14-25/h6-13H,3,14,25H2,1-2,4-5H3/b21-16-,27-15?. The van der Waals surface area contributed by atoms with E-state index in [1.54, 1.807) is 33.2 Å². The summed E-state index contributed by atoms with van der Waals surface area (Å²) in [6, 6.07) is 14.9. The molecule has 164 valence electrons. The van der Waals surface area contributed by atoms with Crippen molar-refractivity contribution in [1.29, 1.82) is 0 Å². The van der Waals surface area contributed by atoms with E-state index in [-0.39, 0.29) is 11.8 Å². The minimum absolute atomic E-state index is 0.0597. The number of hydrogen-bond acceptors (Lipinski definition) is 7. The van der Waals surface area contributed by atoms with Crippen LogP contribution in [0.15, 0.2) is 68.6 Å². The monoisotopic (exact) mass is 430 g/mol. The summed E-state index contributed by atoms with van der Waals surface area (Å²) < 4.78 is 5.90. The van der Waals surface area contributed by atoms with Crippen LogP contribution in [-0.2, 0) is 6.54 Å². The van der Waals surface area contributed by atoms with Gasteiger partial charge in [0.1, 0.15) is 5.70 Å². The summed E-state index contributed by atoms with van der Waals surface area (Å²) in [6.45, 7) is 7.65. The molecule has 3 rings (SSSR count). The van der Waals surface area contributed by atoms with Crippen molar-refractivity contribution in [2.75, 3.05) is 14.1 Å². The smallest absolute Gasteiger partial charge is 0.268 e. The second kappa shape index (κ2) is 9.93. The number of carbonyl (C=O) groups is 1. The molecular weight excluding hydrogens is 404 g/mol. The van der Waals surface area contributed by atoms with Gasteiger partial charge in [-0.25, -0.2) is 4.99 Å². The van der Waals surface area contributed by atoms with Crippen molar-refractivity contribution in [2.45, 2.75) is 20.4 Å². The van der Waals surface area contributed by atoms with E-state index in [1.165, 1.54) is 4.90 Å². The Hall–Kier alpha value is -3.91. The molecule has 0 aliphatic heterocycles. The van der Waals surface area contributed by atoms with Gasteiger partial charge >= 0.3 is 0 Å². The molecule has 2 N–H and O–H groups in total. The average molecular weight is 431 g/mol. The third-order valence-electron chi connectivity index (χ3n) is 4.85. The number of benzene rings is 2. The number of aliphatic imine (C=N–C) groups is 2. The summed E-state index contributed by atoms with van der Waals surface area (Å²) in [6.07, 6.45) is 0. The first-order chi connectivity index (χ1) is 15.3. The number of aromatic nitrogens is 2. The highest BCUT2D eigenvalue weighted by Crippen LogP contribution is 2.26. The zero-order valence-electron chi connectivity index (χ0n) is 18.7. The molecule has 0 radical (unpaired) electrons. The SMILES string of the molecule is C=N/C(C)=C(\N=C(C)c1ccc(C(=O)N(C)C)cc1)c1nnc(-c2cccc(CN)c2)o1. The van der Waals surface area contributed by atoms with Crippen molar-refractivity contribution in [2.24, 2.45) is 15.7 Å². The maximum Gasteiger partial charge on any atom is 0.268 e. The summed E-state index contributed by atoms with van der Waals surface area (Å²) in [5.74, 6) is 0.543. The number of allylic oxidation sites excluding steroid dienone is 1. The largest absolute Gasteiger partial charge is 0.415 e. The van der Waals surface area contributed by atoms with Crippen LogP contribution in [0, 0.1) is 0 Å². The van der Waals surface area contributed by atoms with E-state index in [4.69, 9.17) is 10.2 Å². The lowest BCUT2D eigenvalue weighted by Gasteiger charge is -2.10. The zero-order chi connectivity index (χ0) is 23.3. The van der Waals surface area contributed by atoms with Gasteiger partial charge in [-0.1, -0.05) is 24.3 Å². The second-order valence-corrected chi connectivity index (χ2v) is 7.38. The second-order valence-electron chi connectivity index (χ2n) is 7.38. The summed E-state index contributed by atoms with van der Waals surface area (Å²) in [5.41, 5.74) is 10.6. The molecule has 8 nitrogen and oxygen atoms in total. The number of nitrogens with two attached hydrogens (primary N) is 1. The first kappa shape index (κ1) is 22.8. The first-order valence-corrected chi connectivity index (χ1v) is 10.0. The van der Waals surface area contributed by atoms with Crippen LogP contribution < -0.4 is 5.73 Å². The van der Waals surface area contributed by atoms with Crippen molar-refractivity contribution in [3.8, 4) is 11.5 Å². The first-order valence-electron chi connectivity index (χ1n) is 10.0. The Labute approximate surface area is 187 Å². The van der Waals surface area contributed by atoms with Gasteiger partial charge in [0.15, 0.2) is 0 Å². The van der Waals surface area contributed by atoms with Gasteiger partial charge in [-0.3, -0.25) is 9.79 Å². The van der Waals surface area contributed by atoms with Crippen molar-refractivity contribution in [1.82, 2.24) is 15.1 Å². The molecule has 0 spiro atoms. The quantitative estimate of drug-likeness (QED) is 0.573. The summed E-state index contributed by atoms with van der Waals surface area (Å²) >= 11 is 0. The normalized spacial score (nSPS) is 12.3. The topological polar surface area (TPSA) is 110 Å². The van der Waals surface area contributed by atoms with Crippen LogP contribution in [0.2, 0.25) is 0 Å². The fourth-order valence-electron chi connectivity index (χ4n) is 2.97. The van der Waals surface area contributed by atoms with Gasteiger partial charge in [0, 0.05) is 37.5 Å². The molecule has 0 saturated heterocycles. The van der Waals surface area contributed by atoms with Crippen molar-refractivity contribution in [3.63, 3.8) is 0 Å². The molecule has 0 fully saturated rings. The fourth-order valence-corrected chi connectivity index (χ4v) is 2.97. The minimum Gasteiger partial charge on any atom is -0.415 e. The predicted octanol–water partition coefficient (Wildman–Crippen LogP) is 3.80. The van der Waals surface area contributed by atoms with Gasteiger partial charge in [-0.2, -0.15) is 0 Å². The van der Waals surface area contributed by atoms with Gasteiger partial charge in [0.05, 0.1) is 5.70 Å². The molecular formula is C24H26N6O2. The van der Waals surface area contributed by atoms with E-state index < -0.39 is 0 Å². The molecule has 2 aromatic carbocycles. The Balaban J connectivity index is 1.94. The van der Waals surface area contributed by atoms with Gasteiger partial charge in [0.25, 0.3) is 11.8 Å². The van der Waals surface area contributed by atoms with E-state index in [9.17, 15) is 4.79 Å². The van der Waals surface area contributed by atoms with Gasteiger partial charge in [0.2, 0.25) is 5.89 Å². The van der Waals surface area contributed by atoms with Gasteiger partial charge in [-0.15, -0.1) is 10.2 Å². The Morgan fingerprint density at radius 3 is 2.41 bits per heavy atom. The Kier molecular flexibility index (Phi) is 7.07. The van der Waals surface area contributed by atoms with Crippen LogP contribution in [0.5, 0.6) is 0 Å². The van der Waals surface area contributed by atoms with Crippen LogP contribution in [0.3, 0.4) is 0 Å². The average Bonchev–Trinajstić information content (AvgIpc) is 3.31. The lowest BCUT2D eigenvalue weighted by Crippen LogP contribution is -2.21. The van der Waals surface area contributed by atoms with Crippen molar-refractivity contribution >= 4 is 24.0 Å². The molecule has 8 heteroatoms. The number of hydrogen-bond donors (Lipinski definition) is 1. The summed E-state index contributed by atoms with van der Waals surface area (Å²) in [4.78, 5) is 22.3. The molecule has 0 atom stereocenters. The lowest BCUT2D eigenvalue weighted by atomic mass is 10.1. The van der Waals surface area contributed by atoms with E-state index in [2.05, 4.69) is 26.9 Å². The van der Waals surface area contributed by atoms with Crippen LogP contribution >= 0.6 is 0 Å². The molecule has 0 aliphatic rings. The van der Waals surface area contributed by atoms with E-state index in [1.807, 2.05) is 43.3 Å². The molecule has 0 bridgehead atoms. The number of rotatable bonds is 7. The number of amides is 1. The third-order valence-corrected chi connectivity index (χ3v) is 4.85. The van der Waals surface area contributed by atoms with Crippen LogP contribution in [0.25, 0.3) is 17.2 Å². The Morgan fingerprint density at radius 2 is 1.78 bits per heavy atom. The van der Waals surface area contributed by atoms with E-state index in [0.717, 1.165) is 16.7 Å². The van der Waals surface area contributed by atoms with E-state index >= 15 is 0 Å². The fraction of sp³-hybridized carbons (Fsp3) is 0.208. The molecule has 32 heavy (non-hydrogen) atoms. The molecule has 1 aromatic heterocycles. The van der Waals surface area contributed by atoms with E-state index in [0.29, 0.717) is 35.1 Å². The van der Waals surface area contributed by atoms with Crippen LogP contribution in [0.4, 0.5) is 0 Å². The minimum atomic E-state index is -0.0597. The molecule has 1 heterocycles. The Bertz CT molecular complexity index is 1190. The highest BCUT2D eigenvalue weighted by Gasteiger charge is 2.16. The third kappa shape index (κ3) is 5.04. The molecule has 0 unspecified atom stereocenters. The van der Waals surface area contributed by atoms with Crippen molar-refractivity contribution < 1.29 is 9.21 Å². The maximum absolute atomic E-state index is 12.1. The number of nitrogens with zero attached hydrogens (tertiary/aromatic N) is 5. The molecule has 3 aromatic rings. The summed E-state index contributed by atoms with van der Waals surface area (Å²) in [5, 5.41) is 8.33. The molecule has 1 amide bonds. The zero-order valence-corrected chi connectivity index (χ0v) is 18.7. The van der Waals surface area contributed by atoms with Gasteiger partial charge in [-0.05, 0) is 56.0 Å². The van der Waals surface area contributed by atoms with Gasteiger partial charge < -0.3 is 15.1 Å². The molecule has 0 saturated carbocycles. The highest BCUT2D eigenvalue weighted by molar-refractivity contribution is 6.02. The lowest BCUT2D eigenvalue weighted by molar-refractivity contribution is 0.0827.